The summed E-state index contributed by atoms with van der Waals surface area (Å²) in [4.78, 5) is 15.1. The predicted molar refractivity (Wildman–Crippen MR) is 81.9 cm³/mol. The number of ketones is 1. The highest BCUT2D eigenvalue weighted by Gasteiger charge is 2.39. The Morgan fingerprint density at radius 3 is 2.60 bits per heavy atom. The van der Waals surface area contributed by atoms with Crippen LogP contribution in [-0.2, 0) is 4.74 Å². The largest absolute Gasteiger partial charge is 0.379 e. The van der Waals surface area contributed by atoms with Gasteiger partial charge in [0.1, 0.15) is 0 Å². The molecule has 0 aromatic heterocycles. The summed E-state index contributed by atoms with van der Waals surface area (Å²) >= 11 is 12.2. The molecular formula is C15H19Cl2NO2. The molecule has 1 aromatic rings. The van der Waals surface area contributed by atoms with Crippen LogP contribution in [-0.4, -0.2) is 42.5 Å². The molecule has 1 atom stereocenters. The summed E-state index contributed by atoms with van der Waals surface area (Å²) in [6, 6.07) is 5.02. The van der Waals surface area contributed by atoms with Crippen molar-refractivity contribution < 1.29 is 9.53 Å². The molecule has 0 radical (unpaired) electrons. The average Bonchev–Trinajstić information content (AvgIpc) is 2.49. The van der Waals surface area contributed by atoms with E-state index in [1.165, 1.54) is 0 Å². The summed E-state index contributed by atoms with van der Waals surface area (Å²) in [6.07, 6.45) is 0.717. The number of carbonyl (C=O) groups is 1. The van der Waals surface area contributed by atoms with Gasteiger partial charge in [-0.1, -0.05) is 30.1 Å². The van der Waals surface area contributed by atoms with E-state index in [2.05, 4.69) is 4.90 Å². The highest BCUT2D eigenvalue weighted by atomic mass is 35.5. The predicted octanol–water partition coefficient (Wildman–Crippen LogP) is 3.68. The summed E-state index contributed by atoms with van der Waals surface area (Å²) in [7, 11) is 0. The molecule has 0 N–H and O–H groups in total. The molecule has 1 heterocycles. The number of rotatable bonds is 4. The molecule has 3 nitrogen and oxygen atoms in total. The molecule has 0 amide bonds. The Kier molecular flexibility index (Phi) is 5.08. The monoisotopic (exact) mass is 315 g/mol. The number of hydrogen-bond acceptors (Lipinski definition) is 3. The van der Waals surface area contributed by atoms with Crippen LogP contribution in [0.15, 0.2) is 18.2 Å². The molecule has 110 valence electrons. The van der Waals surface area contributed by atoms with Crippen LogP contribution in [0, 0.1) is 0 Å². The van der Waals surface area contributed by atoms with E-state index in [0.29, 0.717) is 35.2 Å². The van der Waals surface area contributed by atoms with E-state index in [1.54, 1.807) is 18.2 Å². The average molecular weight is 316 g/mol. The fourth-order valence-electron chi connectivity index (χ4n) is 2.55. The van der Waals surface area contributed by atoms with Crippen molar-refractivity contribution in [3.05, 3.63) is 33.8 Å². The zero-order valence-electron chi connectivity index (χ0n) is 11.8. The Hall–Kier alpha value is -0.610. The molecule has 0 saturated carbocycles. The minimum Gasteiger partial charge on any atom is -0.379 e. The minimum atomic E-state index is -0.571. The number of Topliss-reactive ketones (excluding diaryl/α,β-unsaturated/α-hetero) is 1. The van der Waals surface area contributed by atoms with E-state index < -0.39 is 5.54 Å². The van der Waals surface area contributed by atoms with Crippen molar-refractivity contribution in [3.8, 4) is 0 Å². The Bertz CT molecular complexity index is 501. The van der Waals surface area contributed by atoms with Gasteiger partial charge in [-0.15, -0.1) is 0 Å². The first kappa shape index (κ1) is 15.8. The van der Waals surface area contributed by atoms with E-state index in [0.717, 1.165) is 13.1 Å². The molecule has 1 aromatic carbocycles. The highest BCUT2D eigenvalue weighted by Crippen LogP contribution is 2.30. The number of nitrogens with zero attached hydrogens (tertiary/aromatic N) is 1. The lowest BCUT2D eigenvalue weighted by atomic mass is 9.86. The SMILES string of the molecule is CCC(C)(C(=O)c1cc(Cl)ccc1Cl)N1CCOCC1. The molecule has 1 unspecified atom stereocenters. The fraction of sp³-hybridized carbons (Fsp3) is 0.533. The van der Waals surface area contributed by atoms with Gasteiger partial charge in [-0.05, 0) is 31.5 Å². The normalized spacial score (nSPS) is 19.6. The first-order valence-corrected chi connectivity index (χ1v) is 7.57. The Morgan fingerprint density at radius 2 is 2.00 bits per heavy atom. The quantitative estimate of drug-likeness (QED) is 0.794. The molecule has 1 aliphatic rings. The van der Waals surface area contributed by atoms with Crippen LogP contribution in [0.25, 0.3) is 0 Å². The Balaban J connectivity index is 2.34. The van der Waals surface area contributed by atoms with Crippen LogP contribution in [0.1, 0.15) is 30.6 Å². The molecule has 0 spiro atoms. The van der Waals surface area contributed by atoms with Crippen LogP contribution in [0.2, 0.25) is 10.0 Å². The second-order valence-corrected chi connectivity index (χ2v) is 6.02. The van der Waals surface area contributed by atoms with Gasteiger partial charge in [-0.3, -0.25) is 9.69 Å². The number of morpholine rings is 1. The fourth-order valence-corrected chi connectivity index (χ4v) is 2.92. The van der Waals surface area contributed by atoms with Crippen molar-refractivity contribution >= 4 is 29.0 Å². The maximum absolute atomic E-state index is 12.9. The van der Waals surface area contributed by atoms with E-state index >= 15 is 0 Å². The third kappa shape index (κ3) is 3.01. The van der Waals surface area contributed by atoms with Gasteiger partial charge in [0.05, 0.1) is 23.8 Å². The third-order valence-electron chi connectivity index (χ3n) is 4.06. The Morgan fingerprint density at radius 1 is 1.35 bits per heavy atom. The summed E-state index contributed by atoms with van der Waals surface area (Å²) in [5, 5.41) is 0.977. The zero-order chi connectivity index (χ0) is 14.8. The smallest absolute Gasteiger partial charge is 0.184 e. The van der Waals surface area contributed by atoms with E-state index in [1.807, 2.05) is 13.8 Å². The van der Waals surface area contributed by atoms with Crippen LogP contribution < -0.4 is 0 Å². The lowest BCUT2D eigenvalue weighted by Crippen LogP contribution is -2.56. The second-order valence-electron chi connectivity index (χ2n) is 5.18. The van der Waals surface area contributed by atoms with Crippen molar-refractivity contribution in [3.63, 3.8) is 0 Å². The number of ether oxygens (including phenoxy) is 1. The maximum atomic E-state index is 12.9. The first-order valence-electron chi connectivity index (χ1n) is 6.81. The molecular weight excluding hydrogens is 297 g/mol. The lowest BCUT2D eigenvalue weighted by Gasteiger charge is -2.41. The second kappa shape index (κ2) is 6.44. The van der Waals surface area contributed by atoms with Gasteiger partial charge in [0.2, 0.25) is 0 Å². The van der Waals surface area contributed by atoms with Gasteiger partial charge in [0, 0.05) is 23.7 Å². The maximum Gasteiger partial charge on any atom is 0.184 e. The van der Waals surface area contributed by atoms with Crippen molar-refractivity contribution in [1.82, 2.24) is 4.90 Å². The highest BCUT2D eigenvalue weighted by molar-refractivity contribution is 6.36. The molecule has 1 saturated heterocycles. The molecule has 1 fully saturated rings. The summed E-state index contributed by atoms with van der Waals surface area (Å²) in [6.45, 7) is 6.82. The van der Waals surface area contributed by atoms with Gasteiger partial charge < -0.3 is 4.74 Å². The van der Waals surface area contributed by atoms with Gasteiger partial charge in [0.25, 0.3) is 0 Å². The van der Waals surface area contributed by atoms with Gasteiger partial charge in [0.15, 0.2) is 5.78 Å². The summed E-state index contributed by atoms with van der Waals surface area (Å²) in [5.41, 5.74) is -0.0759. The topological polar surface area (TPSA) is 29.5 Å². The number of benzene rings is 1. The van der Waals surface area contributed by atoms with Gasteiger partial charge in [-0.2, -0.15) is 0 Å². The molecule has 2 rings (SSSR count). The standard InChI is InChI=1S/C15H19Cl2NO2/c1-3-15(2,18-6-8-20-9-7-18)14(19)12-10-11(16)4-5-13(12)17/h4-5,10H,3,6-9H2,1-2H3. The van der Waals surface area contributed by atoms with Crippen molar-refractivity contribution in [2.75, 3.05) is 26.3 Å². The molecule has 0 bridgehead atoms. The number of hydrogen-bond donors (Lipinski definition) is 0. The molecule has 0 aliphatic carbocycles. The van der Waals surface area contributed by atoms with Crippen molar-refractivity contribution in [2.24, 2.45) is 0 Å². The van der Waals surface area contributed by atoms with Crippen LogP contribution >= 0.6 is 23.2 Å². The summed E-state index contributed by atoms with van der Waals surface area (Å²) in [5.74, 6) is 0.0226. The van der Waals surface area contributed by atoms with Gasteiger partial charge in [-0.25, -0.2) is 0 Å². The van der Waals surface area contributed by atoms with Crippen molar-refractivity contribution in [2.45, 2.75) is 25.8 Å². The number of carbonyl (C=O) groups excluding carboxylic acids is 1. The first-order chi connectivity index (χ1) is 9.49. The van der Waals surface area contributed by atoms with Crippen LogP contribution in [0.4, 0.5) is 0 Å². The minimum absolute atomic E-state index is 0.0226. The molecule has 20 heavy (non-hydrogen) atoms. The Labute approximate surface area is 129 Å². The zero-order valence-corrected chi connectivity index (χ0v) is 13.3. The van der Waals surface area contributed by atoms with E-state index in [9.17, 15) is 4.79 Å². The van der Waals surface area contributed by atoms with E-state index in [-0.39, 0.29) is 5.78 Å². The lowest BCUT2D eigenvalue weighted by molar-refractivity contribution is -0.0106. The van der Waals surface area contributed by atoms with Gasteiger partial charge >= 0.3 is 0 Å². The van der Waals surface area contributed by atoms with E-state index in [4.69, 9.17) is 27.9 Å². The molecule has 5 heteroatoms. The summed E-state index contributed by atoms with van der Waals surface area (Å²) < 4.78 is 5.37. The van der Waals surface area contributed by atoms with Crippen LogP contribution in [0.5, 0.6) is 0 Å². The van der Waals surface area contributed by atoms with Crippen molar-refractivity contribution in [1.29, 1.82) is 0 Å². The third-order valence-corrected chi connectivity index (χ3v) is 4.62. The molecule has 1 aliphatic heterocycles. The number of halogens is 2. The van der Waals surface area contributed by atoms with Crippen LogP contribution in [0.3, 0.4) is 0 Å².